The fourth-order valence-electron chi connectivity index (χ4n) is 4.85. The zero-order valence-electron chi connectivity index (χ0n) is 19.4. The van der Waals surface area contributed by atoms with Gasteiger partial charge in [-0.15, -0.1) is 0 Å². The zero-order chi connectivity index (χ0) is 21.1. The molecule has 1 aromatic carbocycles. The van der Waals surface area contributed by atoms with Gasteiger partial charge in [-0.1, -0.05) is 95.4 Å². The second-order valence-electron chi connectivity index (χ2n) is 9.45. The molecule has 1 aliphatic rings. The number of allylic oxidation sites excluding steroid dienone is 4. The number of aryl methyl sites for hydroxylation is 1. The van der Waals surface area contributed by atoms with E-state index in [1.165, 1.54) is 22.3 Å². The number of ether oxygens (including phenoxy) is 1. The highest BCUT2D eigenvalue weighted by Crippen LogP contribution is 2.48. The monoisotopic (exact) mass is 396 g/mol. The summed E-state index contributed by atoms with van der Waals surface area (Å²) in [5.74, 6) is 1.12. The van der Waals surface area contributed by atoms with Crippen molar-refractivity contribution in [2.45, 2.75) is 84.7 Å². The summed E-state index contributed by atoms with van der Waals surface area (Å²) < 4.78 is 6.51. The van der Waals surface area contributed by atoms with Crippen molar-refractivity contribution < 1.29 is 4.74 Å². The standard InChI is InChI=1S/C26H40OSi/c1-10-17-27-23-21(25(5,6)7)18-19(4)24(28(8)9)22(23)26(11-2,12-3)20-15-13-14-16-20/h10,13,15-16,18,28H,1,11-12,14,17H2,2-9H3. The smallest absolute Gasteiger partial charge is 0.127 e. The van der Waals surface area contributed by atoms with Crippen LogP contribution in [0.1, 0.15) is 70.6 Å². The normalized spacial score (nSPS) is 14.5. The van der Waals surface area contributed by atoms with E-state index in [-0.39, 0.29) is 10.8 Å². The average Bonchev–Trinajstić information content (AvgIpc) is 3.16. The molecule has 28 heavy (non-hydrogen) atoms. The van der Waals surface area contributed by atoms with Crippen molar-refractivity contribution >= 4 is 14.0 Å². The van der Waals surface area contributed by atoms with Gasteiger partial charge in [0.2, 0.25) is 0 Å². The minimum Gasteiger partial charge on any atom is -0.489 e. The molecule has 2 rings (SSSR count). The van der Waals surface area contributed by atoms with Crippen LogP contribution in [0.25, 0.3) is 0 Å². The third kappa shape index (κ3) is 4.08. The molecule has 0 fully saturated rings. The Balaban J connectivity index is 3.00. The SMILES string of the molecule is C=CCOc1c(C(C)(C)C)cc(C)c([SiH](C)C)c1C(CC)(CC)C1=CCC=C1. The summed E-state index contributed by atoms with van der Waals surface area (Å²) in [6.07, 6.45) is 12.2. The first kappa shape index (κ1) is 22.7. The van der Waals surface area contributed by atoms with Crippen LogP contribution in [0.15, 0.2) is 42.5 Å². The van der Waals surface area contributed by atoms with Crippen LogP contribution in [-0.2, 0) is 10.8 Å². The van der Waals surface area contributed by atoms with Crippen LogP contribution < -0.4 is 9.92 Å². The summed E-state index contributed by atoms with van der Waals surface area (Å²) in [6, 6.07) is 2.40. The van der Waals surface area contributed by atoms with Gasteiger partial charge in [0, 0.05) is 16.5 Å². The maximum Gasteiger partial charge on any atom is 0.127 e. The molecule has 154 valence electrons. The molecule has 0 heterocycles. The summed E-state index contributed by atoms with van der Waals surface area (Å²) in [7, 11) is -1.07. The molecular formula is C26H40OSi. The molecule has 0 spiro atoms. The maximum atomic E-state index is 6.51. The van der Waals surface area contributed by atoms with Crippen LogP contribution in [0.2, 0.25) is 13.1 Å². The van der Waals surface area contributed by atoms with Gasteiger partial charge in [-0.25, -0.2) is 0 Å². The Bertz CT molecular complexity index is 771. The van der Waals surface area contributed by atoms with Gasteiger partial charge in [-0.3, -0.25) is 0 Å². The molecule has 0 bridgehead atoms. The molecule has 2 heteroatoms. The van der Waals surface area contributed by atoms with Crippen molar-refractivity contribution in [1.82, 2.24) is 0 Å². The van der Waals surface area contributed by atoms with Gasteiger partial charge in [-0.2, -0.15) is 0 Å². The van der Waals surface area contributed by atoms with Crippen LogP contribution in [-0.4, -0.2) is 15.4 Å². The molecule has 1 aliphatic carbocycles. The molecule has 0 N–H and O–H groups in total. The Labute approximate surface area is 175 Å². The summed E-state index contributed by atoms with van der Waals surface area (Å²) >= 11 is 0. The quantitative estimate of drug-likeness (QED) is 0.360. The predicted octanol–water partition coefficient (Wildman–Crippen LogP) is 6.50. The van der Waals surface area contributed by atoms with Crippen LogP contribution in [0.5, 0.6) is 5.75 Å². The lowest BCUT2D eigenvalue weighted by molar-refractivity contribution is 0.334. The Kier molecular flexibility index (Phi) is 7.20. The Hall–Kier alpha value is -1.54. The van der Waals surface area contributed by atoms with Crippen molar-refractivity contribution in [3.8, 4) is 5.75 Å². The van der Waals surface area contributed by atoms with Crippen LogP contribution in [0.3, 0.4) is 0 Å². The Morgan fingerprint density at radius 2 is 1.82 bits per heavy atom. The highest BCUT2D eigenvalue weighted by atomic mass is 28.3. The van der Waals surface area contributed by atoms with Gasteiger partial charge >= 0.3 is 0 Å². The second kappa shape index (κ2) is 8.86. The van der Waals surface area contributed by atoms with Gasteiger partial charge in [0.1, 0.15) is 12.4 Å². The molecule has 0 unspecified atom stereocenters. The van der Waals surface area contributed by atoms with E-state index in [4.69, 9.17) is 4.74 Å². The number of rotatable bonds is 8. The molecular weight excluding hydrogens is 356 g/mol. The predicted molar refractivity (Wildman–Crippen MR) is 128 cm³/mol. The number of hydrogen-bond donors (Lipinski definition) is 0. The summed E-state index contributed by atoms with van der Waals surface area (Å²) in [4.78, 5) is 0. The van der Waals surface area contributed by atoms with E-state index in [9.17, 15) is 0 Å². The van der Waals surface area contributed by atoms with E-state index < -0.39 is 8.80 Å². The van der Waals surface area contributed by atoms with E-state index >= 15 is 0 Å². The molecule has 0 amide bonds. The van der Waals surface area contributed by atoms with Gasteiger partial charge < -0.3 is 4.74 Å². The molecule has 0 aliphatic heterocycles. The molecule has 1 aromatic rings. The first-order valence-corrected chi connectivity index (χ1v) is 13.8. The Morgan fingerprint density at radius 1 is 1.18 bits per heavy atom. The molecule has 1 nitrogen and oxygen atoms in total. The highest BCUT2D eigenvalue weighted by Gasteiger charge is 2.40. The average molecular weight is 397 g/mol. The summed E-state index contributed by atoms with van der Waals surface area (Å²) in [5, 5.41) is 1.59. The van der Waals surface area contributed by atoms with Crippen molar-refractivity contribution in [1.29, 1.82) is 0 Å². The van der Waals surface area contributed by atoms with Crippen LogP contribution >= 0.6 is 0 Å². The van der Waals surface area contributed by atoms with Gasteiger partial charge in [0.25, 0.3) is 0 Å². The van der Waals surface area contributed by atoms with Crippen molar-refractivity contribution in [3.63, 3.8) is 0 Å². The van der Waals surface area contributed by atoms with Crippen molar-refractivity contribution in [3.05, 3.63) is 59.2 Å². The van der Waals surface area contributed by atoms with E-state index in [0.717, 1.165) is 25.0 Å². The Morgan fingerprint density at radius 3 is 2.25 bits per heavy atom. The first-order valence-electron chi connectivity index (χ1n) is 10.9. The number of benzene rings is 1. The van der Waals surface area contributed by atoms with E-state index in [0.29, 0.717) is 6.61 Å². The molecule has 0 saturated carbocycles. The van der Waals surface area contributed by atoms with E-state index in [1.54, 1.807) is 5.19 Å². The minimum atomic E-state index is -1.07. The van der Waals surface area contributed by atoms with Gasteiger partial charge in [0.05, 0.1) is 8.80 Å². The highest BCUT2D eigenvalue weighted by molar-refractivity contribution is 6.71. The zero-order valence-corrected chi connectivity index (χ0v) is 20.6. The third-order valence-electron chi connectivity index (χ3n) is 6.27. The van der Waals surface area contributed by atoms with Crippen LogP contribution in [0, 0.1) is 6.92 Å². The lowest BCUT2D eigenvalue weighted by Crippen LogP contribution is -2.41. The third-order valence-corrected chi connectivity index (χ3v) is 8.17. The molecule has 0 aromatic heterocycles. The van der Waals surface area contributed by atoms with Crippen LogP contribution in [0.4, 0.5) is 0 Å². The fraction of sp³-hybridized carbons (Fsp3) is 0.538. The molecule has 0 atom stereocenters. The summed E-state index contributed by atoms with van der Waals surface area (Å²) in [6.45, 7) is 23.3. The van der Waals surface area contributed by atoms with E-state index in [2.05, 4.69) is 85.5 Å². The largest absolute Gasteiger partial charge is 0.489 e. The fourth-order valence-corrected chi connectivity index (χ4v) is 6.83. The van der Waals surface area contributed by atoms with Gasteiger partial charge in [0.15, 0.2) is 0 Å². The molecule has 0 radical (unpaired) electrons. The first-order chi connectivity index (χ1) is 13.1. The molecule has 0 saturated heterocycles. The topological polar surface area (TPSA) is 9.23 Å². The van der Waals surface area contributed by atoms with Crippen molar-refractivity contribution in [2.24, 2.45) is 0 Å². The second-order valence-corrected chi connectivity index (χ2v) is 12.3. The number of hydrogen-bond acceptors (Lipinski definition) is 1. The van der Waals surface area contributed by atoms with Crippen molar-refractivity contribution in [2.75, 3.05) is 6.61 Å². The van der Waals surface area contributed by atoms with E-state index in [1.807, 2.05) is 6.08 Å². The van der Waals surface area contributed by atoms with Gasteiger partial charge in [-0.05, 0) is 37.2 Å². The summed E-state index contributed by atoms with van der Waals surface area (Å²) in [5.41, 5.74) is 5.77. The maximum absolute atomic E-state index is 6.51. The minimum absolute atomic E-state index is 0.0160. The lowest BCUT2D eigenvalue weighted by Gasteiger charge is -2.40. The lowest BCUT2D eigenvalue weighted by atomic mass is 9.68.